The lowest BCUT2D eigenvalue weighted by atomic mass is 10.4. The van der Waals surface area contributed by atoms with Gasteiger partial charge in [-0.3, -0.25) is 19.1 Å². The van der Waals surface area contributed by atoms with Gasteiger partial charge in [0.25, 0.3) is 5.56 Å². The van der Waals surface area contributed by atoms with E-state index in [1.165, 1.54) is 17.9 Å². The number of aromatic nitrogens is 2. The fourth-order valence-corrected chi connectivity index (χ4v) is 1.31. The number of hydrogen-bond donors (Lipinski definition) is 1. The van der Waals surface area contributed by atoms with E-state index in [-0.39, 0.29) is 17.4 Å². The highest BCUT2D eigenvalue weighted by atomic mass is 79.9. The van der Waals surface area contributed by atoms with Gasteiger partial charge in [-0.25, -0.2) is 4.79 Å². The van der Waals surface area contributed by atoms with Crippen LogP contribution in [0, 0.1) is 0 Å². The minimum absolute atomic E-state index is 0.0783. The Morgan fingerprint density at radius 2 is 2.27 bits per heavy atom. The summed E-state index contributed by atoms with van der Waals surface area (Å²) in [6, 6.07) is 0. The van der Waals surface area contributed by atoms with Crippen molar-refractivity contribution in [2.24, 2.45) is 0 Å². The smallest absolute Gasteiger partial charge is 0.328 e. The van der Waals surface area contributed by atoms with Gasteiger partial charge in [-0.15, -0.1) is 0 Å². The summed E-state index contributed by atoms with van der Waals surface area (Å²) in [5.41, 5.74) is -1.04. The van der Waals surface area contributed by atoms with Crippen LogP contribution in [0.3, 0.4) is 0 Å². The summed E-state index contributed by atoms with van der Waals surface area (Å²) in [7, 11) is 1.27. The first-order valence-corrected chi connectivity index (χ1v) is 4.90. The zero-order valence-electron chi connectivity index (χ0n) is 7.95. The van der Waals surface area contributed by atoms with Crippen LogP contribution < -0.4 is 11.2 Å². The van der Waals surface area contributed by atoms with E-state index in [0.717, 1.165) is 0 Å². The molecule has 82 valence electrons. The third-order valence-corrected chi connectivity index (χ3v) is 2.32. The van der Waals surface area contributed by atoms with Crippen molar-refractivity contribution in [2.45, 2.75) is 13.0 Å². The first kappa shape index (κ1) is 11.7. The van der Waals surface area contributed by atoms with Crippen molar-refractivity contribution in [1.82, 2.24) is 9.55 Å². The monoisotopic (exact) mass is 276 g/mol. The quantitative estimate of drug-likeness (QED) is 0.780. The molecule has 0 saturated heterocycles. The number of carbonyl (C=O) groups is 1. The lowest BCUT2D eigenvalue weighted by Gasteiger charge is -2.03. The van der Waals surface area contributed by atoms with Crippen LogP contribution in [-0.4, -0.2) is 22.6 Å². The Bertz CT molecular complexity index is 476. The maximum Gasteiger partial charge on any atom is 0.328 e. The molecule has 0 radical (unpaired) electrons. The van der Waals surface area contributed by atoms with Crippen LogP contribution in [0.1, 0.15) is 6.42 Å². The highest BCUT2D eigenvalue weighted by Gasteiger charge is 2.04. The number of rotatable bonds is 3. The highest BCUT2D eigenvalue weighted by molar-refractivity contribution is 9.10. The van der Waals surface area contributed by atoms with E-state index in [1.807, 2.05) is 0 Å². The molecule has 6 nitrogen and oxygen atoms in total. The molecular weight excluding hydrogens is 268 g/mol. The summed E-state index contributed by atoms with van der Waals surface area (Å²) in [5, 5.41) is 0. The fraction of sp³-hybridized carbons (Fsp3) is 0.375. The molecule has 7 heteroatoms. The van der Waals surface area contributed by atoms with Crippen LogP contribution in [0.25, 0.3) is 0 Å². The molecule has 0 aliphatic rings. The normalized spacial score (nSPS) is 10.0. The van der Waals surface area contributed by atoms with E-state index in [9.17, 15) is 14.4 Å². The Labute approximate surface area is 93.0 Å². The van der Waals surface area contributed by atoms with Crippen molar-refractivity contribution in [3.63, 3.8) is 0 Å². The Morgan fingerprint density at radius 1 is 1.60 bits per heavy atom. The molecule has 0 aliphatic heterocycles. The van der Waals surface area contributed by atoms with E-state index in [0.29, 0.717) is 0 Å². The molecule has 0 unspecified atom stereocenters. The predicted octanol–water partition coefficient (Wildman–Crippen LogP) is -0.138. The van der Waals surface area contributed by atoms with Crippen molar-refractivity contribution in [3.8, 4) is 0 Å². The van der Waals surface area contributed by atoms with E-state index in [4.69, 9.17) is 0 Å². The van der Waals surface area contributed by atoms with E-state index in [2.05, 4.69) is 25.7 Å². The molecule has 0 bridgehead atoms. The van der Waals surface area contributed by atoms with E-state index in [1.54, 1.807) is 0 Å². The van der Waals surface area contributed by atoms with Crippen LogP contribution in [-0.2, 0) is 16.1 Å². The summed E-state index contributed by atoms with van der Waals surface area (Å²) in [6.45, 7) is 0.168. The van der Waals surface area contributed by atoms with Crippen LogP contribution in [0.5, 0.6) is 0 Å². The largest absolute Gasteiger partial charge is 0.469 e. The lowest BCUT2D eigenvalue weighted by molar-refractivity contribution is -0.140. The molecule has 15 heavy (non-hydrogen) atoms. The third kappa shape index (κ3) is 3.05. The summed E-state index contributed by atoms with van der Waals surface area (Å²) < 4.78 is 5.89. The molecule has 1 N–H and O–H groups in total. The maximum absolute atomic E-state index is 11.2. The van der Waals surface area contributed by atoms with Gasteiger partial charge in [0.15, 0.2) is 0 Å². The molecule has 1 aromatic heterocycles. The number of methoxy groups -OCH3 is 1. The minimum Gasteiger partial charge on any atom is -0.469 e. The van der Waals surface area contributed by atoms with Gasteiger partial charge in [-0.05, 0) is 15.9 Å². The van der Waals surface area contributed by atoms with Crippen molar-refractivity contribution in [2.75, 3.05) is 7.11 Å². The number of carbonyl (C=O) groups excluding carboxylic acids is 1. The summed E-state index contributed by atoms with van der Waals surface area (Å²) in [6.07, 6.45) is 1.42. The van der Waals surface area contributed by atoms with Gasteiger partial charge < -0.3 is 4.74 Å². The van der Waals surface area contributed by atoms with Crippen LogP contribution in [0.4, 0.5) is 0 Å². The fourth-order valence-electron chi connectivity index (χ4n) is 0.963. The van der Waals surface area contributed by atoms with Crippen LogP contribution in [0.2, 0.25) is 0 Å². The molecule has 0 fully saturated rings. The van der Waals surface area contributed by atoms with Crippen LogP contribution >= 0.6 is 15.9 Å². The number of halogens is 1. The molecular formula is C8H9BrN2O4. The number of nitrogens with one attached hydrogen (secondary N) is 1. The number of hydrogen-bond acceptors (Lipinski definition) is 4. The first-order valence-electron chi connectivity index (χ1n) is 4.10. The number of aryl methyl sites for hydroxylation is 1. The van der Waals surface area contributed by atoms with Gasteiger partial charge in [0.1, 0.15) is 0 Å². The summed E-state index contributed by atoms with van der Waals surface area (Å²) >= 11 is 2.98. The van der Waals surface area contributed by atoms with Crippen LogP contribution in [0.15, 0.2) is 20.3 Å². The topological polar surface area (TPSA) is 81.2 Å². The van der Waals surface area contributed by atoms with Crippen molar-refractivity contribution < 1.29 is 9.53 Å². The molecule has 1 rings (SSSR count). The second kappa shape index (κ2) is 4.92. The highest BCUT2D eigenvalue weighted by Crippen LogP contribution is 1.98. The number of ether oxygens (including phenoxy) is 1. The molecule has 0 saturated carbocycles. The molecule has 0 atom stereocenters. The molecule has 0 spiro atoms. The van der Waals surface area contributed by atoms with Crippen molar-refractivity contribution in [1.29, 1.82) is 0 Å². The second-order valence-electron chi connectivity index (χ2n) is 2.76. The lowest BCUT2D eigenvalue weighted by Crippen LogP contribution is -2.30. The molecule has 0 aromatic carbocycles. The Balaban J connectivity index is 2.87. The Kier molecular flexibility index (Phi) is 3.84. The molecule has 0 aliphatic carbocycles. The number of H-pyrrole nitrogens is 1. The number of esters is 1. The zero-order chi connectivity index (χ0) is 11.4. The minimum atomic E-state index is -0.549. The van der Waals surface area contributed by atoms with Gasteiger partial charge in [-0.1, -0.05) is 0 Å². The number of nitrogens with zero attached hydrogens (tertiary/aromatic N) is 1. The second-order valence-corrected chi connectivity index (χ2v) is 3.61. The maximum atomic E-state index is 11.2. The molecule has 1 heterocycles. The van der Waals surface area contributed by atoms with E-state index < -0.39 is 17.2 Å². The Morgan fingerprint density at radius 3 is 2.87 bits per heavy atom. The SMILES string of the molecule is COC(=O)CCn1cc(Br)c(=O)[nH]c1=O. The average molecular weight is 277 g/mol. The van der Waals surface area contributed by atoms with Gasteiger partial charge in [-0.2, -0.15) is 0 Å². The van der Waals surface area contributed by atoms with Gasteiger partial charge in [0.2, 0.25) is 0 Å². The summed E-state index contributed by atoms with van der Waals surface area (Å²) in [4.78, 5) is 35.1. The Hall–Kier alpha value is -1.37. The third-order valence-electron chi connectivity index (χ3n) is 1.75. The molecule has 0 amide bonds. The average Bonchev–Trinajstić information content (AvgIpc) is 2.21. The van der Waals surface area contributed by atoms with Crippen molar-refractivity contribution in [3.05, 3.63) is 31.5 Å². The molecule has 1 aromatic rings. The van der Waals surface area contributed by atoms with Gasteiger partial charge in [0.05, 0.1) is 18.0 Å². The predicted molar refractivity (Wildman–Crippen MR) is 55.7 cm³/mol. The van der Waals surface area contributed by atoms with Crippen molar-refractivity contribution >= 4 is 21.9 Å². The zero-order valence-corrected chi connectivity index (χ0v) is 9.54. The van der Waals surface area contributed by atoms with E-state index >= 15 is 0 Å². The summed E-state index contributed by atoms with van der Waals surface area (Å²) in [5.74, 6) is -0.413. The standard InChI is InChI=1S/C8H9BrN2O4/c1-15-6(12)2-3-11-4-5(9)7(13)10-8(11)14/h4H,2-3H2,1H3,(H,10,13,14). The van der Waals surface area contributed by atoms with Gasteiger partial charge in [0, 0.05) is 12.7 Å². The number of aromatic amines is 1. The first-order chi connectivity index (χ1) is 7.04. The van der Waals surface area contributed by atoms with Gasteiger partial charge >= 0.3 is 11.7 Å².